The van der Waals surface area contributed by atoms with E-state index in [0.717, 1.165) is 11.3 Å². The molecule has 2 heterocycles. The zero-order chi connectivity index (χ0) is 17.9. The maximum Gasteiger partial charge on any atom is 0.257 e. The molecule has 5 heteroatoms. The summed E-state index contributed by atoms with van der Waals surface area (Å²) in [6.45, 7) is 4.91. The highest BCUT2D eigenvalue weighted by molar-refractivity contribution is 7.15. The van der Waals surface area contributed by atoms with Gasteiger partial charge in [-0.05, 0) is 61.8 Å². The lowest BCUT2D eigenvalue weighted by Gasteiger charge is -2.13. The number of hydrogen-bond donors (Lipinski definition) is 1. The highest BCUT2D eigenvalue weighted by Gasteiger charge is 2.18. The summed E-state index contributed by atoms with van der Waals surface area (Å²) in [7, 11) is 0. The van der Waals surface area contributed by atoms with Gasteiger partial charge >= 0.3 is 0 Å². The Balaban J connectivity index is 1.39. The maximum absolute atomic E-state index is 5.90. The third-order valence-corrected chi connectivity index (χ3v) is 6.35. The molecule has 0 fully saturated rings. The molecular formula is C21H25N3OS. The van der Waals surface area contributed by atoms with Gasteiger partial charge < -0.3 is 9.73 Å². The lowest BCUT2D eigenvalue weighted by molar-refractivity contribution is 0.455. The van der Waals surface area contributed by atoms with Crippen molar-refractivity contribution in [1.82, 2.24) is 15.5 Å². The van der Waals surface area contributed by atoms with Gasteiger partial charge in [-0.1, -0.05) is 31.2 Å². The molecule has 0 aliphatic heterocycles. The van der Waals surface area contributed by atoms with Crippen molar-refractivity contribution in [3.05, 3.63) is 57.8 Å². The molecule has 1 N–H and O–H groups in total. The summed E-state index contributed by atoms with van der Waals surface area (Å²) in [5, 5.41) is 11.9. The molecule has 26 heavy (non-hydrogen) atoms. The Hall–Kier alpha value is -1.98. The highest BCUT2D eigenvalue weighted by Crippen LogP contribution is 2.35. The first-order chi connectivity index (χ1) is 12.7. The first kappa shape index (κ1) is 17.4. The first-order valence-corrected chi connectivity index (χ1v) is 10.3. The molecule has 1 aromatic carbocycles. The number of fused-ring (bicyclic) bond motifs is 1. The van der Waals surface area contributed by atoms with Crippen LogP contribution in [0.1, 0.15) is 60.2 Å². The van der Waals surface area contributed by atoms with Crippen LogP contribution in [0.4, 0.5) is 0 Å². The van der Waals surface area contributed by atoms with E-state index in [1.807, 2.05) is 11.3 Å². The van der Waals surface area contributed by atoms with E-state index in [1.165, 1.54) is 47.3 Å². The van der Waals surface area contributed by atoms with E-state index in [-0.39, 0.29) is 6.04 Å². The molecule has 4 rings (SSSR count). The van der Waals surface area contributed by atoms with Crippen molar-refractivity contribution >= 4 is 11.3 Å². The SMILES string of the molecule is CCc1ccc(C(C)NCc2nnc(-c3cc4c(s3)CCCC4)o2)cc1. The zero-order valence-corrected chi connectivity index (χ0v) is 16.2. The molecule has 1 atom stereocenters. The van der Waals surface area contributed by atoms with E-state index in [4.69, 9.17) is 4.42 Å². The predicted molar refractivity (Wildman–Crippen MR) is 105 cm³/mol. The smallest absolute Gasteiger partial charge is 0.257 e. The van der Waals surface area contributed by atoms with Crippen molar-refractivity contribution in [2.24, 2.45) is 0 Å². The molecule has 0 saturated heterocycles. The van der Waals surface area contributed by atoms with E-state index in [9.17, 15) is 0 Å². The van der Waals surface area contributed by atoms with Crippen LogP contribution in [-0.2, 0) is 25.8 Å². The van der Waals surface area contributed by atoms with Gasteiger partial charge in [-0.3, -0.25) is 0 Å². The van der Waals surface area contributed by atoms with Crippen LogP contribution < -0.4 is 5.32 Å². The van der Waals surface area contributed by atoms with E-state index >= 15 is 0 Å². The maximum atomic E-state index is 5.90. The van der Waals surface area contributed by atoms with Crippen molar-refractivity contribution in [1.29, 1.82) is 0 Å². The molecule has 2 aromatic heterocycles. The quantitative estimate of drug-likeness (QED) is 0.659. The Kier molecular flexibility index (Phi) is 5.18. The van der Waals surface area contributed by atoms with Crippen LogP contribution in [0.3, 0.4) is 0 Å². The van der Waals surface area contributed by atoms with Crippen LogP contribution in [0.5, 0.6) is 0 Å². The van der Waals surface area contributed by atoms with Gasteiger partial charge in [0.15, 0.2) is 0 Å². The molecule has 0 spiro atoms. The lowest BCUT2D eigenvalue weighted by atomic mass is 9.99. The minimum absolute atomic E-state index is 0.241. The second-order valence-corrected chi connectivity index (χ2v) is 8.10. The molecule has 1 unspecified atom stereocenters. The second kappa shape index (κ2) is 7.72. The van der Waals surface area contributed by atoms with Gasteiger partial charge in [0.25, 0.3) is 5.89 Å². The molecule has 0 amide bonds. The van der Waals surface area contributed by atoms with E-state index in [2.05, 4.69) is 59.7 Å². The second-order valence-electron chi connectivity index (χ2n) is 6.96. The number of thiophene rings is 1. The zero-order valence-electron chi connectivity index (χ0n) is 15.4. The summed E-state index contributed by atoms with van der Waals surface area (Å²) in [6, 6.07) is 11.2. The Bertz CT molecular complexity index is 842. The monoisotopic (exact) mass is 367 g/mol. The molecule has 0 radical (unpaired) electrons. The van der Waals surface area contributed by atoms with Crippen LogP contribution in [0.15, 0.2) is 34.7 Å². The first-order valence-electron chi connectivity index (χ1n) is 9.49. The summed E-state index contributed by atoms with van der Waals surface area (Å²) in [5.41, 5.74) is 4.10. The minimum atomic E-state index is 0.241. The lowest BCUT2D eigenvalue weighted by Crippen LogP contribution is -2.18. The fraction of sp³-hybridized carbons (Fsp3) is 0.429. The average molecular weight is 368 g/mol. The Morgan fingerprint density at radius 2 is 1.96 bits per heavy atom. The van der Waals surface area contributed by atoms with Crippen molar-refractivity contribution in [2.75, 3.05) is 0 Å². The number of nitrogens with zero attached hydrogens (tertiary/aromatic N) is 2. The predicted octanol–water partition coefficient (Wildman–Crippen LogP) is 5.09. The van der Waals surface area contributed by atoms with Gasteiger partial charge in [-0.2, -0.15) is 0 Å². The molecule has 0 bridgehead atoms. The Morgan fingerprint density at radius 3 is 2.73 bits per heavy atom. The Labute approximate surface area is 158 Å². The van der Waals surface area contributed by atoms with Gasteiger partial charge in [0.1, 0.15) is 0 Å². The highest BCUT2D eigenvalue weighted by atomic mass is 32.1. The van der Waals surface area contributed by atoms with Gasteiger partial charge in [0.05, 0.1) is 11.4 Å². The number of aromatic nitrogens is 2. The van der Waals surface area contributed by atoms with Crippen LogP contribution in [0, 0.1) is 0 Å². The van der Waals surface area contributed by atoms with Crippen LogP contribution in [-0.4, -0.2) is 10.2 Å². The molecule has 136 valence electrons. The van der Waals surface area contributed by atoms with Gasteiger partial charge in [-0.15, -0.1) is 21.5 Å². The van der Waals surface area contributed by atoms with Crippen LogP contribution in [0.25, 0.3) is 10.8 Å². The molecule has 1 aliphatic carbocycles. The molecule has 4 nitrogen and oxygen atoms in total. The number of rotatable bonds is 6. The van der Waals surface area contributed by atoms with Gasteiger partial charge in [0, 0.05) is 10.9 Å². The third-order valence-electron chi connectivity index (χ3n) is 5.12. The summed E-state index contributed by atoms with van der Waals surface area (Å²) in [4.78, 5) is 2.60. The molecular weight excluding hydrogens is 342 g/mol. The van der Waals surface area contributed by atoms with Crippen LogP contribution in [0.2, 0.25) is 0 Å². The fourth-order valence-corrected chi connectivity index (χ4v) is 4.60. The summed E-state index contributed by atoms with van der Waals surface area (Å²) in [5.74, 6) is 1.30. The topological polar surface area (TPSA) is 51.0 Å². The number of benzene rings is 1. The Morgan fingerprint density at radius 1 is 1.15 bits per heavy atom. The van der Waals surface area contributed by atoms with E-state index in [0.29, 0.717) is 18.3 Å². The van der Waals surface area contributed by atoms with Gasteiger partial charge in [-0.25, -0.2) is 0 Å². The number of nitrogens with one attached hydrogen (secondary N) is 1. The van der Waals surface area contributed by atoms with Crippen molar-refractivity contribution < 1.29 is 4.42 Å². The fourth-order valence-electron chi connectivity index (χ4n) is 3.42. The summed E-state index contributed by atoms with van der Waals surface area (Å²) in [6.07, 6.45) is 6.03. The van der Waals surface area contributed by atoms with E-state index < -0.39 is 0 Å². The van der Waals surface area contributed by atoms with Crippen molar-refractivity contribution in [3.8, 4) is 10.8 Å². The van der Waals surface area contributed by atoms with Crippen LogP contribution >= 0.6 is 11.3 Å². The average Bonchev–Trinajstić information content (AvgIpc) is 3.32. The number of aryl methyl sites for hydroxylation is 3. The van der Waals surface area contributed by atoms with E-state index in [1.54, 1.807) is 0 Å². The largest absolute Gasteiger partial charge is 0.419 e. The number of hydrogen-bond acceptors (Lipinski definition) is 5. The molecule has 3 aromatic rings. The summed E-state index contributed by atoms with van der Waals surface area (Å²) < 4.78 is 5.90. The normalized spacial score (nSPS) is 15.0. The van der Waals surface area contributed by atoms with Crippen molar-refractivity contribution in [3.63, 3.8) is 0 Å². The molecule has 1 aliphatic rings. The summed E-state index contributed by atoms with van der Waals surface area (Å²) >= 11 is 1.81. The van der Waals surface area contributed by atoms with Gasteiger partial charge in [0.2, 0.25) is 5.89 Å². The minimum Gasteiger partial charge on any atom is -0.419 e. The third kappa shape index (κ3) is 3.74. The molecule has 0 saturated carbocycles. The standard InChI is InChI=1S/C21H25N3OS/c1-3-15-8-10-16(11-9-15)14(2)22-13-20-23-24-21(25-20)19-12-17-6-4-5-7-18(17)26-19/h8-12,14,22H,3-7,13H2,1-2H3. The van der Waals surface area contributed by atoms with Crippen molar-refractivity contribution in [2.45, 2.75) is 58.5 Å².